The Morgan fingerprint density at radius 2 is 0.611 bits per heavy atom. The Morgan fingerprint density at radius 1 is 0.389 bits per heavy atom. The van der Waals surface area contributed by atoms with E-state index in [0.717, 1.165) is 0 Å². The molecule has 6 heterocycles. The van der Waals surface area contributed by atoms with E-state index in [-0.39, 0.29) is 20.2 Å². The highest BCUT2D eigenvalue weighted by Gasteiger charge is 2.86. The second kappa shape index (κ2) is 12.9. The second-order valence-corrected chi connectivity index (χ2v) is 60.1. The topological polar surface area (TPSA) is 123 Å². The lowest BCUT2D eigenvalue weighted by Gasteiger charge is -2.73. The molecule has 11 nitrogen and oxygen atoms in total. The molecule has 6 rings (SSSR count). The van der Waals surface area contributed by atoms with Gasteiger partial charge in [-0.05, 0) is 18.0 Å². The van der Waals surface area contributed by atoms with Crippen LogP contribution in [0.3, 0.4) is 0 Å². The molecular formula is C35H77N3O8Si8. The zero-order valence-electron chi connectivity index (χ0n) is 38.1. The van der Waals surface area contributed by atoms with E-state index in [1.165, 1.54) is 0 Å². The van der Waals surface area contributed by atoms with E-state index in [4.69, 9.17) is 32.9 Å². The molecule has 0 N–H and O–H groups in total. The van der Waals surface area contributed by atoms with Crippen LogP contribution in [0.15, 0.2) is 5.11 Å². The Kier molecular flexibility index (Phi) is 10.9. The molecular weight excluding hydrogens is 815 g/mol. The van der Waals surface area contributed by atoms with Gasteiger partial charge in [0.1, 0.15) is 0 Å². The molecule has 0 aromatic carbocycles. The van der Waals surface area contributed by atoms with Gasteiger partial charge in [0.05, 0.1) is 0 Å². The average molecular weight is 893 g/mol. The molecule has 0 saturated carbocycles. The highest BCUT2D eigenvalue weighted by molar-refractivity contribution is 7.15. The summed E-state index contributed by atoms with van der Waals surface area (Å²) in [6.45, 7) is 49.1. The Hall–Kier alpha value is 0.725. The van der Waals surface area contributed by atoms with E-state index in [0.29, 0.717) is 41.7 Å². The van der Waals surface area contributed by atoms with Crippen LogP contribution >= 0.6 is 0 Å². The minimum atomic E-state index is -3.44. The average Bonchev–Trinajstić information content (AvgIpc) is 2.84. The molecule has 8 atom stereocenters. The fraction of sp³-hybridized carbons (Fsp3) is 1.00. The predicted molar refractivity (Wildman–Crippen MR) is 235 cm³/mol. The van der Waals surface area contributed by atoms with Crippen molar-refractivity contribution in [3.8, 4) is 0 Å². The summed E-state index contributed by atoms with van der Waals surface area (Å²) in [7, 11) is -27.5. The van der Waals surface area contributed by atoms with Gasteiger partial charge in [0, 0.05) is 69.4 Å². The first-order valence-corrected chi connectivity index (χ1v) is 36.8. The molecule has 0 aliphatic carbocycles. The van der Waals surface area contributed by atoms with Crippen LogP contribution in [0.5, 0.6) is 0 Å². The maximum atomic E-state index is 9.37. The number of hydrogen-bond donors (Lipinski definition) is 0. The Labute approximate surface area is 337 Å². The molecule has 0 spiro atoms. The first-order valence-electron chi connectivity index (χ1n) is 20.4. The minimum Gasteiger partial charge on any atom is -0.415 e. The molecule has 0 aromatic rings. The van der Waals surface area contributed by atoms with Crippen LogP contribution in [0.4, 0.5) is 0 Å². The number of hydrogen-bond acceptors (Lipinski definition) is 9. The molecule has 0 aromatic heterocycles. The van der Waals surface area contributed by atoms with Gasteiger partial charge in [-0.25, -0.2) is 0 Å². The van der Waals surface area contributed by atoms with E-state index in [9.17, 15) is 5.53 Å². The Morgan fingerprint density at radius 3 is 0.833 bits per heavy atom. The number of azide groups is 1. The smallest absolute Gasteiger partial charge is 0.328 e. The largest absolute Gasteiger partial charge is 0.415 e. The summed E-state index contributed by atoms with van der Waals surface area (Å²) in [4.78, 5) is 3.14. The summed E-state index contributed by atoms with van der Waals surface area (Å²) in [5, 5.41) is 1.36. The summed E-state index contributed by atoms with van der Waals surface area (Å²) in [6, 6.07) is 0.645. The van der Waals surface area contributed by atoms with Gasteiger partial charge >= 0.3 is 68.5 Å². The number of nitrogens with zero attached hydrogens (tertiary/aromatic N) is 3. The zero-order valence-corrected chi connectivity index (χ0v) is 46.1. The fourth-order valence-corrected chi connectivity index (χ4v) is 90.2. The van der Waals surface area contributed by atoms with E-state index in [1.807, 2.05) is 0 Å². The van der Waals surface area contributed by atoms with E-state index >= 15 is 0 Å². The second-order valence-electron chi connectivity index (χ2n) is 24.5. The van der Waals surface area contributed by atoms with Crippen molar-refractivity contribution in [3.63, 3.8) is 0 Å². The lowest BCUT2D eigenvalue weighted by Crippen LogP contribution is -2.89. The van der Waals surface area contributed by atoms with Crippen LogP contribution in [0.25, 0.3) is 10.4 Å². The highest BCUT2D eigenvalue weighted by Crippen LogP contribution is 2.70. The Balaban J connectivity index is 2.11. The van der Waals surface area contributed by atoms with Crippen molar-refractivity contribution in [1.29, 1.82) is 0 Å². The quantitative estimate of drug-likeness (QED) is 0.0899. The third-order valence-corrected chi connectivity index (χ3v) is 67.2. The molecule has 6 aliphatic heterocycles. The van der Waals surface area contributed by atoms with Crippen molar-refractivity contribution in [1.82, 2.24) is 0 Å². The first-order chi connectivity index (χ1) is 23.8. The van der Waals surface area contributed by atoms with Gasteiger partial charge in [0.2, 0.25) is 0 Å². The van der Waals surface area contributed by atoms with Gasteiger partial charge < -0.3 is 32.9 Å². The molecule has 312 valence electrons. The molecule has 8 unspecified atom stereocenters. The molecule has 54 heavy (non-hydrogen) atoms. The van der Waals surface area contributed by atoms with Gasteiger partial charge in [-0.15, -0.1) is 0 Å². The van der Waals surface area contributed by atoms with E-state index in [1.54, 1.807) is 0 Å². The van der Waals surface area contributed by atoms with Gasteiger partial charge in [-0.2, -0.15) is 0 Å². The standard InChI is InChI=1S/C35H77N3O8Si8/c1-29(2,3)48-25-47(24-22-23-37-38-36)39-49(30(4,5)6)26-51(41-48,32(10,11)12)45-54(35(19,20)21)28-53(42-48,34(16,17)18)44-50(40-47,31(7,8)9)27-52(43-49,46-54)33(13,14)15/h22-28H2,1-21H3. The summed E-state index contributed by atoms with van der Waals surface area (Å²) in [6.07, 6.45) is 0.646. The maximum absolute atomic E-state index is 9.37. The van der Waals surface area contributed by atoms with Crippen molar-refractivity contribution in [3.05, 3.63) is 10.4 Å². The lowest BCUT2D eigenvalue weighted by atomic mass is 10.2. The molecule has 6 saturated heterocycles. The van der Waals surface area contributed by atoms with Crippen LogP contribution in [0.2, 0.25) is 64.0 Å². The minimum absolute atomic E-state index is 0.367. The predicted octanol–water partition coefficient (Wildman–Crippen LogP) is 12.2. The molecule has 0 radical (unpaired) electrons. The van der Waals surface area contributed by atoms with E-state index < -0.39 is 83.6 Å². The summed E-state index contributed by atoms with van der Waals surface area (Å²) in [5.74, 6) is 0. The van der Waals surface area contributed by atoms with Gasteiger partial charge in [0.15, 0.2) is 0 Å². The van der Waals surface area contributed by atoms with Crippen LogP contribution in [0.1, 0.15) is 152 Å². The van der Waals surface area contributed by atoms with Crippen LogP contribution in [-0.4, -0.2) is 75.0 Å². The SMILES string of the molecule is CC(C)(C)[Si]12C[Si]3(C(C)(C)C)O[Si]4(C(C)(C)C)C[Si]5(C(C)(C)C)O[Si](C(C)(C)C)(C[Si](CCCN=[N+]=[N-])(O1)O4)O[Si](C(C)(C)C)(C[Si](C(C)(C)C)(O3)O5)O2. The zero-order chi connectivity index (χ0) is 41.5. The van der Waals surface area contributed by atoms with Crippen LogP contribution in [0, 0.1) is 0 Å². The summed E-state index contributed by atoms with van der Waals surface area (Å²) >= 11 is 0. The van der Waals surface area contributed by atoms with Gasteiger partial charge in [-0.3, -0.25) is 0 Å². The maximum Gasteiger partial charge on any atom is 0.328 e. The molecule has 19 heteroatoms. The molecule has 8 bridgehead atoms. The van der Waals surface area contributed by atoms with Crippen molar-refractivity contribution >= 4 is 68.5 Å². The third kappa shape index (κ3) is 6.92. The van der Waals surface area contributed by atoms with Crippen molar-refractivity contribution < 1.29 is 32.9 Å². The fourth-order valence-electron chi connectivity index (χ4n) is 8.87. The number of rotatable bonds is 4. The first kappa shape index (κ1) is 45.8. The van der Waals surface area contributed by atoms with Crippen LogP contribution < -0.4 is 0 Å². The highest BCUT2D eigenvalue weighted by atomic mass is 28.6. The molecule has 0 amide bonds. The van der Waals surface area contributed by atoms with E-state index in [2.05, 4.69) is 155 Å². The lowest BCUT2D eigenvalue weighted by molar-refractivity contribution is 0.120. The van der Waals surface area contributed by atoms with Gasteiger partial charge in [-0.1, -0.05) is 151 Å². The molecule has 6 fully saturated rings. The molecule has 6 aliphatic rings. The monoisotopic (exact) mass is 891 g/mol. The van der Waals surface area contributed by atoms with Crippen LogP contribution in [-0.2, 0) is 32.9 Å². The third-order valence-electron chi connectivity index (χ3n) is 13.5. The van der Waals surface area contributed by atoms with Crippen molar-refractivity contribution in [2.45, 2.75) is 216 Å². The Bertz CT molecular complexity index is 1360. The van der Waals surface area contributed by atoms with Crippen molar-refractivity contribution in [2.75, 3.05) is 6.54 Å². The normalized spacial score (nSPS) is 42.1. The van der Waals surface area contributed by atoms with Gasteiger partial charge in [0.25, 0.3) is 0 Å². The summed E-state index contributed by atoms with van der Waals surface area (Å²) < 4.78 is 67.5. The van der Waals surface area contributed by atoms with Crippen molar-refractivity contribution in [2.24, 2.45) is 5.11 Å². The summed E-state index contributed by atoms with van der Waals surface area (Å²) in [5.41, 5.74) is 11.9.